The second kappa shape index (κ2) is 8.86. The van der Waals surface area contributed by atoms with E-state index < -0.39 is 0 Å². The van der Waals surface area contributed by atoms with Gasteiger partial charge in [0, 0.05) is 29.6 Å². The van der Waals surface area contributed by atoms with Gasteiger partial charge in [-0.25, -0.2) is 9.97 Å². The third-order valence-corrected chi connectivity index (χ3v) is 5.17. The van der Waals surface area contributed by atoms with E-state index in [0.717, 1.165) is 48.1 Å². The number of pyridine rings is 2. The topological polar surface area (TPSA) is 106 Å². The molecule has 0 unspecified atom stereocenters. The first-order valence-electron chi connectivity index (χ1n) is 9.87. The molecule has 0 spiro atoms. The van der Waals surface area contributed by atoms with Gasteiger partial charge < -0.3 is 21.1 Å². The SMILES string of the molecule is N#Cc1cc2cnc(N[C@H]3CCCNC3)cc2c(N[C@H](CO)c2ccccc2)n1. The van der Waals surface area contributed by atoms with Crippen LogP contribution >= 0.6 is 0 Å². The maximum absolute atomic E-state index is 9.92. The maximum Gasteiger partial charge on any atom is 0.143 e. The van der Waals surface area contributed by atoms with Gasteiger partial charge in [0.15, 0.2) is 0 Å². The van der Waals surface area contributed by atoms with Gasteiger partial charge in [-0.05, 0) is 37.1 Å². The molecule has 1 saturated heterocycles. The number of anilines is 2. The fourth-order valence-electron chi connectivity index (χ4n) is 3.66. The number of aromatic nitrogens is 2. The second-order valence-corrected chi connectivity index (χ2v) is 7.24. The first-order valence-corrected chi connectivity index (χ1v) is 9.87. The summed E-state index contributed by atoms with van der Waals surface area (Å²) in [7, 11) is 0. The number of rotatable bonds is 6. The van der Waals surface area contributed by atoms with Crippen molar-refractivity contribution >= 4 is 22.4 Å². The lowest BCUT2D eigenvalue weighted by Gasteiger charge is -2.24. The van der Waals surface area contributed by atoms with Crippen molar-refractivity contribution in [2.75, 3.05) is 30.3 Å². The summed E-state index contributed by atoms with van der Waals surface area (Å²) in [4.78, 5) is 8.99. The molecule has 0 saturated carbocycles. The van der Waals surface area contributed by atoms with Crippen molar-refractivity contribution in [1.29, 1.82) is 5.26 Å². The van der Waals surface area contributed by atoms with E-state index in [1.807, 2.05) is 36.4 Å². The van der Waals surface area contributed by atoms with Gasteiger partial charge in [-0.15, -0.1) is 0 Å². The molecular weight excluding hydrogens is 364 g/mol. The van der Waals surface area contributed by atoms with Crippen molar-refractivity contribution in [2.45, 2.75) is 24.9 Å². The smallest absolute Gasteiger partial charge is 0.143 e. The molecule has 0 amide bonds. The van der Waals surface area contributed by atoms with E-state index in [1.165, 1.54) is 0 Å². The minimum Gasteiger partial charge on any atom is -0.394 e. The fourth-order valence-corrected chi connectivity index (χ4v) is 3.66. The summed E-state index contributed by atoms with van der Waals surface area (Å²) >= 11 is 0. The Morgan fingerprint density at radius 3 is 2.86 bits per heavy atom. The molecule has 0 bridgehead atoms. The Labute approximate surface area is 169 Å². The summed E-state index contributed by atoms with van der Waals surface area (Å²) in [5, 5.41) is 31.2. The van der Waals surface area contributed by atoms with Gasteiger partial charge in [0.25, 0.3) is 0 Å². The molecular formula is C22H24N6O. The van der Waals surface area contributed by atoms with E-state index in [-0.39, 0.29) is 12.6 Å². The molecule has 2 aromatic heterocycles. The lowest BCUT2D eigenvalue weighted by atomic mass is 10.1. The highest BCUT2D eigenvalue weighted by Crippen LogP contribution is 2.28. The van der Waals surface area contributed by atoms with Crippen LogP contribution in [0.4, 0.5) is 11.6 Å². The van der Waals surface area contributed by atoms with Crippen LogP contribution in [0, 0.1) is 11.3 Å². The van der Waals surface area contributed by atoms with E-state index >= 15 is 0 Å². The molecule has 0 aliphatic carbocycles. The zero-order chi connectivity index (χ0) is 20.1. The zero-order valence-corrected chi connectivity index (χ0v) is 16.1. The first-order chi connectivity index (χ1) is 14.3. The van der Waals surface area contributed by atoms with Crippen LogP contribution in [0.25, 0.3) is 10.8 Å². The lowest BCUT2D eigenvalue weighted by molar-refractivity contribution is 0.276. The molecule has 0 radical (unpaired) electrons. The molecule has 2 atom stereocenters. The van der Waals surface area contributed by atoms with E-state index in [9.17, 15) is 10.4 Å². The Kier molecular flexibility index (Phi) is 5.84. The molecule has 3 heterocycles. The van der Waals surface area contributed by atoms with Crippen LogP contribution < -0.4 is 16.0 Å². The quantitative estimate of drug-likeness (QED) is 0.514. The summed E-state index contributed by atoms with van der Waals surface area (Å²) in [6.07, 6.45) is 4.00. The molecule has 7 heteroatoms. The number of benzene rings is 1. The van der Waals surface area contributed by atoms with E-state index in [4.69, 9.17) is 0 Å². The van der Waals surface area contributed by atoms with Crippen LogP contribution in [0.3, 0.4) is 0 Å². The Bertz CT molecular complexity index is 1010. The van der Waals surface area contributed by atoms with Gasteiger partial charge >= 0.3 is 0 Å². The highest BCUT2D eigenvalue weighted by molar-refractivity contribution is 5.93. The minimum atomic E-state index is -0.326. The number of nitrogens with one attached hydrogen (secondary N) is 3. The van der Waals surface area contributed by atoms with Crippen molar-refractivity contribution in [2.24, 2.45) is 0 Å². The highest BCUT2D eigenvalue weighted by atomic mass is 16.3. The van der Waals surface area contributed by atoms with Crippen molar-refractivity contribution < 1.29 is 5.11 Å². The Morgan fingerprint density at radius 1 is 1.28 bits per heavy atom. The van der Waals surface area contributed by atoms with E-state index in [1.54, 1.807) is 12.3 Å². The summed E-state index contributed by atoms with van der Waals surface area (Å²) in [5.74, 6) is 1.34. The normalized spacial score (nSPS) is 17.4. The van der Waals surface area contributed by atoms with Gasteiger partial charge in [0.1, 0.15) is 23.4 Å². The summed E-state index contributed by atoms with van der Waals surface area (Å²) in [5.41, 5.74) is 1.26. The average molecular weight is 388 g/mol. The number of hydrogen-bond acceptors (Lipinski definition) is 7. The molecule has 7 nitrogen and oxygen atoms in total. The van der Waals surface area contributed by atoms with Crippen LogP contribution in [0.1, 0.15) is 30.1 Å². The van der Waals surface area contributed by atoms with Crippen LogP contribution in [-0.4, -0.2) is 40.8 Å². The monoisotopic (exact) mass is 388 g/mol. The molecule has 148 valence electrons. The van der Waals surface area contributed by atoms with Gasteiger partial charge in [-0.1, -0.05) is 30.3 Å². The van der Waals surface area contributed by atoms with Crippen LogP contribution in [0.2, 0.25) is 0 Å². The van der Waals surface area contributed by atoms with Crippen molar-refractivity contribution in [1.82, 2.24) is 15.3 Å². The Hall–Kier alpha value is -3.21. The highest BCUT2D eigenvalue weighted by Gasteiger charge is 2.16. The predicted molar refractivity (Wildman–Crippen MR) is 114 cm³/mol. The molecule has 1 aromatic carbocycles. The largest absolute Gasteiger partial charge is 0.394 e. The maximum atomic E-state index is 9.92. The average Bonchev–Trinajstić information content (AvgIpc) is 2.78. The third kappa shape index (κ3) is 4.45. The van der Waals surface area contributed by atoms with Gasteiger partial charge in [-0.2, -0.15) is 5.26 Å². The van der Waals surface area contributed by atoms with Crippen LogP contribution in [0.5, 0.6) is 0 Å². The molecule has 1 fully saturated rings. The first kappa shape index (κ1) is 19.1. The summed E-state index contributed by atoms with van der Waals surface area (Å²) < 4.78 is 0. The molecule has 4 rings (SSSR count). The minimum absolute atomic E-state index is 0.0894. The molecule has 4 N–H and O–H groups in total. The number of aliphatic hydroxyl groups is 1. The molecule has 1 aliphatic heterocycles. The predicted octanol–water partition coefficient (Wildman–Crippen LogP) is 2.81. The number of nitrogens with zero attached hydrogens (tertiary/aromatic N) is 3. The van der Waals surface area contributed by atoms with E-state index in [0.29, 0.717) is 17.6 Å². The number of piperidine rings is 1. The number of hydrogen-bond donors (Lipinski definition) is 4. The number of nitriles is 1. The standard InChI is InChI=1S/C22H24N6O/c23-11-18-9-16-12-25-21(26-17-7-4-8-24-13-17)10-19(16)22(27-18)28-20(14-29)15-5-2-1-3-6-15/h1-3,5-6,9-10,12,17,20,24,29H,4,7-8,13-14H2,(H,25,26)(H,27,28)/t17-,20+/m0/s1. The summed E-state index contributed by atoms with van der Waals surface area (Å²) in [6.45, 7) is 1.88. The number of aliphatic hydroxyl groups excluding tert-OH is 1. The fraction of sp³-hybridized carbons (Fsp3) is 0.318. The summed E-state index contributed by atoms with van der Waals surface area (Å²) in [6, 6.07) is 15.5. The van der Waals surface area contributed by atoms with Gasteiger partial charge in [0.2, 0.25) is 0 Å². The van der Waals surface area contributed by atoms with Crippen LogP contribution in [-0.2, 0) is 0 Å². The zero-order valence-electron chi connectivity index (χ0n) is 16.1. The molecule has 29 heavy (non-hydrogen) atoms. The second-order valence-electron chi connectivity index (χ2n) is 7.24. The van der Waals surface area contributed by atoms with Gasteiger partial charge in [-0.3, -0.25) is 0 Å². The molecule has 3 aromatic rings. The van der Waals surface area contributed by atoms with Crippen molar-refractivity contribution in [3.05, 3.63) is 59.9 Å². The third-order valence-electron chi connectivity index (χ3n) is 5.17. The van der Waals surface area contributed by atoms with Gasteiger partial charge in [0.05, 0.1) is 12.6 Å². The molecule has 1 aliphatic rings. The number of fused-ring (bicyclic) bond motifs is 1. The lowest BCUT2D eigenvalue weighted by Crippen LogP contribution is -2.38. The Balaban J connectivity index is 1.68. The van der Waals surface area contributed by atoms with Crippen molar-refractivity contribution in [3.8, 4) is 6.07 Å². The Morgan fingerprint density at radius 2 is 2.14 bits per heavy atom. The van der Waals surface area contributed by atoms with E-state index in [2.05, 4.69) is 32.0 Å². The van der Waals surface area contributed by atoms with Crippen molar-refractivity contribution in [3.63, 3.8) is 0 Å². The van der Waals surface area contributed by atoms with Crippen LogP contribution in [0.15, 0.2) is 48.7 Å².